The molecular weight excluding hydrogens is 232 g/mol. The van der Waals surface area contributed by atoms with Gasteiger partial charge in [0.15, 0.2) is 0 Å². The lowest BCUT2D eigenvalue weighted by molar-refractivity contribution is -0.183. The molecule has 1 aliphatic heterocycles. The number of nitrogens with one attached hydrogen (secondary N) is 2. The molecule has 2 N–H and O–H groups in total. The Labute approximate surface area is 109 Å². The van der Waals surface area contributed by atoms with E-state index >= 15 is 0 Å². The summed E-state index contributed by atoms with van der Waals surface area (Å²) in [6.07, 6.45) is 0.857. The number of hydrogen-bond donors (Lipinski definition) is 2. The van der Waals surface area contributed by atoms with Gasteiger partial charge in [-0.25, -0.2) is 0 Å². The molecule has 2 fully saturated rings. The van der Waals surface area contributed by atoms with Crippen molar-refractivity contribution < 1.29 is 14.3 Å². The number of hydrogen-bond acceptors (Lipinski definition) is 4. The lowest BCUT2D eigenvalue weighted by Gasteiger charge is -2.59. The molecule has 1 saturated heterocycles. The van der Waals surface area contributed by atoms with Crippen molar-refractivity contribution in [3.8, 4) is 0 Å². The van der Waals surface area contributed by atoms with Gasteiger partial charge in [0.2, 0.25) is 5.91 Å². The molecule has 3 atom stereocenters. The van der Waals surface area contributed by atoms with Crippen LogP contribution in [-0.4, -0.2) is 50.5 Å². The quantitative estimate of drug-likeness (QED) is 0.762. The Bertz CT molecular complexity index is 326. The van der Waals surface area contributed by atoms with Crippen molar-refractivity contribution in [1.29, 1.82) is 0 Å². The molecule has 2 rings (SSSR count). The molecule has 1 amide bonds. The van der Waals surface area contributed by atoms with Crippen LogP contribution in [0.4, 0.5) is 0 Å². The molecule has 0 spiro atoms. The molecule has 1 heterocycles. The van der Waals surface area contributed by atoms with Crippen molar-refractivity contribution in [2.45, 2.75) is 44.9 Å². The second-order valence-corrected chi connectivity index (χ2v) is 6.00. The number of morpholine rings is 1. The number of ether oxygens (including phenoxy) is 2. The highest BCUT2D eigenvalue weighted by molar-refractivity contribution is 5.82. The monoisotopic (exact) mass is 256 g/mol. The zero-order valence-corrected chi connectivity index (χ0v) is 11.7. The van der Waals surface area contributed by atoms with Crippen LogP contribution in [0.3, 0.4) is 0 Å². The van der Waals surface area contributed by atoms with Gasteiger partial charge in [0.25, 0.3) is 0 Å². The third-order valence-electron chi connectivity index (χ3n) is 4.83. The molecule has 2 aliphatic rings. The van der Waals surface area contributed by atoms with E-state index in [2.05, 4.69) is 31.4 Å². The first-order valence-corrected chi connectivity index (χ1v) is 6.57. The van der Waals surface area contributed by atoms with Crippen molar-refractivity contribution in [3.05, 3.63) is 0 Å². The zero-order valence-electron chi connectivity index (χ0n) is 11.7. The Balaban J connectivity index is 1.89. The normalized spacial score (nSPS) is 38.9. The standard InChI is InChI=1S/C13H24N2O3/c1-12(2)10(7-13(12,3)17-4)15-11(16)9-8-18-6-5-14-9/h9-10,14H,5-8H2,1-4H3,(H,15,16)/t9-,10-,13-/m1/s1. The maximum atomic E-state index is 12.1. The fraction of sp³-hybridized carbons (Fsp3) is 0.923. The Morgan fingerprint density at radius 2 is 2.17 bits per heavy atom. The van der Waals surface area contributed by atoms with Gasteiger partial charge in [0.1, 0.15) is 6.04 Å². The second-order valence-electron chi connectivity index (χ2n) is 6.00. The molecule has 1 saturated carbocycles. The van der Waals surface area contributed by atoms with Crippen molar-refractivity contribution in [1.82, 2.24) is 10.6 Å². The number of carbonyl (C=O) groups excluding carboxylic acids is 1. The highest BCUT2D eigenvalue weighted by Crippen LogP contribution is 2.51. The van der Waals surface area contributed by atoms with Gasteiger partial charge in [-0.2, -0.15) is 0 Å². The summed E-state index contributed by atoms with van der Waals surface area (Å²) in [5.74, 6) is 0.0333. The largest absolute Gasteiger partial charge is 0.378 e. The van der Waals surface area contributed by atoms with E-state index in [1.54, 1.807) is 7.11 Å². The smallest absolute Gasteiger partial charge is 0.239 e. The molecule has 0 aromatic rings. The SMILES string of the molecule is CO[C@]1(C)C[C@@H](NC(=O)[C@H]2COCCN2)C1(C)C. The molecule has 0 unspecified atom stereocenters. The summed E-state index contributed by atoms with van der Waals surface area (Å²) in [6, 6.07) is -0.0531. The van der Waals surface area contributed by atoms with Gasteiger partial charge in [-0.05, 0) is 13.3 Å². The van der Waals surface area contributed by atoms with E-state index in [1.807, 2.05) is 0 Å². The molecule has 1 aliphatic carbocycles. The van der Waals surface area contributed by atoms with Crippen LogP contribution in [0.2, 0.25) is 0 Å². The van der Waals surface area contributed by atoms with E-state index in [1.165, 1.54) is 0 Å². The lowest BCUT2D eigenvalue weighted by atomic mass is 9.56. The summed E-state index contributed by atoms with van der Waals surface area (Å²) < 4.78 is 10.9. The Morgan fingerprint density at radius 1 is 1.44 bits per heavy atom. The Kier molecular flexibility index (Phi) is 3.67. The van der Waals surface area contributed by atoms with E-state index in [4.69, 9.17) is 9.47 Å². The number of methoxy groups -OCH3 is 1. The summed E-state index contributed by atoms with van der Waals surface area (Å²) in [4.78, 5) is 12.1. The summed E-state index contributed by atoms with van der Waals surface area (Å²) in [5, 5.41) is 6.27. The topological polar surface area (TPSA) is 59.6 Å². The van der Waals surface area contributed by atoms with Crippen LogP contribution in [0.15, 0.2) is 0 Å². The van der Waals surface area contributed by atoms with E-state index in [9.17, 15) is 4.79 Å². The van der Waals surface area contributed by atoms with Gasteiger partial charge in [-0.3, -0.25) is 4.79 Å². The van der Waals surface area contributed by atoms with E-state index in [-0.39, 0.29) is 29.0 Å². The van der Waals surface area contributed by atoms with E-state index in [0.29, 0.717) is 13.2 Å². The maximum absolute atomic E-state index is 12.1. The predicted molar refractivity (Wildman–Crippen MR) is 68.4 cm³/mol. The Hall–Kier alpha value is -0.650. The van der Waals surface area contributed by atoms with Crippen LogP contribution in [0.1, 0.15) is 27.2 Å². The fourth-order valence-corrected chi connectivity index (χ4v) is 2.73. The molecule has 5 heteroatoms. The van der Waals surface area contributed by atoms with Crippen LogP contribution in [-0.2, 0) is 14.3 Å². The van der Waals surface area contributed by atoms with Gasteiger partial charge in [-0.1, -0.05) is 13.8 Å². The predicted octanol–water partition coefficient (Wildman–Crippen LogP) is 0.295. The minimum atomic E-state index is -0.219. The highest BCUT2D eigenvalue weighted by Gasteiger charge is 2.58. The Morgan fingerprint density at radius 3 is 2.67 bits per heavy atom. The van der Waals surface area contributed by atoms with Crippen molar-refractivity contribution >= 4 is 5.91 Å². The minimum absolute atomic E-state index is 0.0333. The van der Waals surface area contributed by atoms with Crippen molar-refractivity contribution in [3.63, 3.8) is 0 Å². The van der Waals surface area contributed by atoms with Crippen LogP contribution in [0, 0.1) is 5.41 Å². The fourth-order valence-electron chi connectivity index (χ4n) is 2.73. The highest BCUT2D eigenvalue weighted by atomic mass is 16.5. The molecule has 0 aromatic heterocycles. The molecule has 18 heavy (non-hydrogen) atoms. The molecular formula is C13H24N2O3. The van der Waals surface area contributed by atoms with Crippen molar-refractivity contribution in [2.75, 3.05) is 26.9 Å². The molecule has 5 nitrogen and oxygen atoms in total. The van der Waals surface area contributed by atoms with Crippen LogP contribution < -0.4 is 10.6 Å². The van der Waals surface area contributed by atoms with Crippen molar-refractivity contribution in [2.24, 2.45) is 5.41 Å². The second kappa shape index (κ2) is 4.79. The minimum Gasteiger partial charge on any atom is -0.378 e. The van der Waals surface area contributed by atoms with Gasteiger partial charge in [-0.15, -0.1) is 0 Å². The number of amides is 1. The summed E-state index contributed by atoms with van der Waals surface area (Å²) in [7, 11) is 1.73. The third kappa shape index (κ3) is 2.15. The molecule has 0 bridgehead atoms. The average molecular weight is 256 g/mol. The molecule has 104 valence electrons. The summed E-state index contributed by atoms with van der Waals surface area (Å²) >= 11 is 0. The van der Waals surface area contributed by atoms with Crippen LogP contribution >= 0.6 is 0 Å². The van der Waals surface area contributed by atoms with E-state index in [0.717, 1.165) is 13.0 Å². The van der Waals surface area contributed by atoms with Crippen LogP contribution in [0.5, 0.6) is 0 Å². The molecule has 0 radical (unpaired) electrons. The lowest BCUT2D eigenvalue weighted by Crippen LogP contribution is -2.70. The summed E-state index contributed by atoms with van der Waals surface area (Å²) in [6.45, 7) is 8.24. The third-order valence-corrected chi connectivity index (χ3v) is 4.83. The van der Waals surface area contributed by atoms with Crippen LogP contribution in [0.25, 0.3) is 0 Å². The average Bonchev–Trinajstić information content (AvgIpc) is 2.38. The van der Waals surface area contributed by atoms with Gasteiger partial charge in [0.05, 0.1) is 18.8 Å². The van der Waals surface area contributed by atoms with E-state index < -0.39 is 0 Å². The zero-order chi connectivity index (χ0) is 13.4. The number of carbonyl (C=O) groups is 1. The first kappa shape index (κ1) is 13.8. The maximum Gasteiger partial charge on any atom is 0.239 e. The first-order valence-electron chi connectivity index (χ1n) is 6.57. The summed E-state index contributed by atoms with van der Waals surface area (Å²) in [5.41, 5.74) is -0.200. The molecule has 0 aromatic carbocycles. The van der Waals surface area contributed by atoms with Gasteiger partial charge >= 0.3 is 0 Å². The number of rotatable bonds is 3. The first-order chi connectivity index (χ1) is 8.40. The van der Waals surface area contributed by atoms with Gasteiger partial charge < -0.3 is 20.1 Å². The van der Waals surface area contributed by atoms with Gasteiger partial charge in [0, 0.05) is 25.1 Å².